The first-order valence-corrected chi connectivity index (χ1v) is 7.94. The molecular formula is C14H17NO3S. The number of benzene rings is 1. The Bertz CT molecular complexity index is 615. The van der Waals surface area contributed by atoms with Crippen molar-refractivity contribution in [3.05, 3.63) is 35.4 Å². The predicted molar refractivity (Wildman–Crippen MR) is 72.3 cm³/mol. The Balaban J connectivity index is 2.46. The van der Waals surface area contributed by atoms with Crippen LogP contribution in [0.4, 0.5) is 0 Å². The maximum Gasteiger partial charge on any atom is 0.155 e. The lowest BCUT2D eigenvalue weighted by molar-refractivity contribution is 0.242. The topological polar surface area (TPSA) is 78.2 Å². The van der Waals surface area contributed by atoms with Crippen LogP contribution in [0.1, 0.15) is 24.0 Å². The molecule has 0 radical (unpaired) electrons. The van der Waals surface area contributed by atoms with E-state index in [-0.39, 0.29) is 5.75 Å². The zero-order chi connectivity index (χ0) is 14.3. The van der Waals surface area contributed by atoms with Gasteiger partial charge in [-0.2, -0.15) is 5.26 Å². The quantitative estimate of drug-likeness (QED) is 0.903. The number of sulfone groups is 1. The van der Waals surface area contributed by atoms with Crippen LogP contribution in [0.25, 0.3) is 0 Å². The second kappa shape index (κ2) is 4.62. The van der Waals surface area contributed by atoms with Crippen LogP contribution in [-0.2, 0) is 9.84 Å². The molecule has 0 bridgehead atoms. The van der Waals surface area contributed by atoms with Crippen LogP contribution < -0.4 is 0 Å². The summed E-state index contributed by atoms with van der Waals surface area (Å²) in [6.45, 7) is 3.09. The normalized spacial score (nSPS) is 29.8. The van der Waals surface area contributed by atoms with Crippen LogP contribution in [0.2, 0.25) is 0 Å². The zero-order valence-corrected chi connectivity index (χ0v) is 11.8. The van der Waals surface area contributed by atoms with E-state index in [2.05, 4.69) is 0 Å². The average molecular weight is 279 g/mol. The number of nitrogens with zero attached hydrogens (tertiary/aromatic N) is 1. The molecule has 19 heavy (non-hydrogen) atoms. The summed E-state index contributed by atoms with van der Waals surface area (Å²) in [4.78, 5) is 0. The molecule has 0 aliphatic heterocycles. The van der Waals surface area contributed by atoms with E-state index in [0.29, 0.717) is 0 Å². The highest BCUT2D eigenvalue weighted by Gasteiger charge is 2.71. The number of aliphatic hydroxyl groups excluding tert-OH is 1. The van der Waals surface area contributed by atoms with Crippen LogP contribution in [0.5, 0.6) is 0 Å². The number of hydrogen-bond donors (Lipinski definition) is 1. The summed E-state index contributed by atoms with van der Waals surface area (Å²) >= 11 is 0. The first-order chi connectivity index (χ1) is 8.93. The van der Waals surface area contributed by atoms with E-state index < -0.39 is 33.0 Å². The maximum absolute atomic E-state index is 12.1. The van der Waals surface area contributed by atoms with Gasteiger partial charge in [-0.15, -0.1) is 0 Å². The Kier molecular flexibility index (Phi) is 3.41. The second-order valence-corrected chi connectivity index (χ2v) is 7.48. The Morgan fingerprint density at radius 3 is 2.37 bits per heavy atom. The lowest BCUT2D eigenvalue weighted by atomic mass is 10.0. The van der Waals surface area contributed by atoms with Gasteiger partial charge in [0, 0.05) is 11.7 Å². The van der Waals surface area contributed by atoms with Crippen LogP contribution >= 0.6 is 0 Å². The van der Waals surface area contributed by atoms with E-state index in [0.717, 1.165) is 11.1 Å². The lowest BCUT2D eigenvalue weighted by Gasteiger charge is -2.04. The Morgan fingerprint density at radius 1 is 1.37 bits per heavy atom. The Morgan fingerprint density at radius 2 is 1.95 bits per heavy atom. The van der Waals surface area contributed by atoms with Crippen LogP contribution in [0, 0.1) is 23.7 Å². The largest absolute Gasteiger partial charge is 0.395 e. The fourth-order valence-corrected chi connectivity index (χ4v) is 4.72. The highest BCUT2D eigenvalue weighted by molar-refractivity contribution is 7.92. The van der Waals surface area contributed by atoms with Crippen molar-refractivity contribution in [2.75, 3.05) is 12.4 Å². The van der Waals surface area contributed by atoms with Crippen molar-refractivity contribution in [1.82, 2.24) is 0 Å². The van der Waals surface area contributed by atoms with Gasteiger partial charge in [-0.05, 0) is 12.5 Å². The highest BCUT2D eigenvalue weighted by atomic mass is 32.2. The molecule has 1 fully saturated rings. The van der Waals surface area contributed by atoms with Crippen LogP contribution in [0.15, 0.2) is 24.3 Å². The van der Waals surface area contributed by atoms with Crippen LogP contribution in [-0.4, -0.2) is 31.1 Å². The summed E-state index contributed by atoms with van der Waals surface area (Å²) in [6, 6.07) is 9.49. The molecule has 5 heteroatoms. The highest BCUT2D eigenvalue weighted by Crippen LogP contribution is 2.62. The summed E-state index contributed by atoms with van der Waals surface area (Å²) in [6.07, 6.45) is 0. The van der Waals surface area contributed by atoms with Gasteiger partial charge < -0.3 is 5.11 Å². The molecule has 3 atom stereocenters. The number of hydrogen-bond acceptors (Lipinski definition) is 4. The van der Waals surface area contributed by atoms with Gasteiger partial charge in [-0.3, -0.25) is 0 Å². The third-order valence-corrected chi connectivity index (χ3v) is 6.22. The van der Waals surface area contributed by atoms with Crippen molar-refractivity contribution in [1.29, 1.82) is 5.26 Å². The summed E-state index contributed by atoms with van der Waals surface area (Å²) < 4.78 is 24.2. The van der Waals surface area contributed by atoms with Crippen molar-refractivity contribution in [3.8, 4) is 6.07 Å². The molecule has 0 spiro atoms. The number of nitriles is 1. The Hall–Kier alpha value is -1.38. The van der Waals surface area contributed by atoms with Gasteiger partial charge >= 0.3 is 0 Å². The third-order valence-electron chi connectivity index (χ3n) is 3.95. The van der Waals surface area contributed by atoms with E-state index in [1.165, 1.54) is 0 Å². The van der Waals surface area contributed by atoms with E-state index >= 15 is 0 Å². The maximum atomic E-state index is 12.1. The van der Waals surface area contributed by atoms with Gasteiger partial charge in [0.15, 0.2) is 9.84 Å². The SMILES string of the molecule is CCS(=O)(=O)[C@@H]1[C@@H](c2ccc(C)cc2)[C@]1(C#N)CO. The van der Waals surface area contributed by atoms with Crippen molar-refractivity contribution >= 4 is 9.84 Å². The molecule has 1 N–H and O–H groups in total. The Labute approximate surface area is 113 Å². The van der Waals surface area contributed by atoms with Crippen molar-refractivity contribution in [2.24, 2.45) is 5.41 Å². The monoisotopic (exact) mass is 279 g/mol. The van der Waals surface area contributed by atoms with Gasteiger partial charge in [0.25, 0.3) is 0 Å². The van der Waals surface area contributed by atoms with E-state index in [9.17, 15) is 18.8 Å². The molecule has 1 saturated carbocycles. The molecule has 4 nitrogen and oxygen atoms in total. The van der Waals surface area contributed by atoms with Gasteiger partial charge in [-0.25, -0.2) is 8.42 Å². The molecule has 102 valence electrons. The second-order valence-electron chi connectivity index (χ2n) is 5.07. The molecule has 0 aromatic heterocycles. The molecule has 0 amide bonds. The third kappa shape index (κ3) is 2.05. The molecule has 1 aromatic carbocycles. The van der Waals surface area contributed by atoms with Gasteiger partial charge in [-0.1, -0.05) is 36.8 Å². The van der Waals surface area contributed by atoms with Gasteiger partial charge in [0.05, 0.1) is 17.9 Å². The summed E-state index contributed by atoms with van der Waals surface area (Å²) in [5.41, 5.74) is 0.707. The molecule has 0 saturated heterocycles. The number of aryl methyl sites for hydroxylation is 1. The first kappa shape index (κ1) is 14.0. The zero-order valence-electron chi connectivity index (χ0n) is 11.0. The van der Waals surface area contributed by atoms with Gasteiger partial charge in [0.1, 0.15) is 5.41 Å². The standard InChI is InChI=1S/C14H17NO3S/c1-3-19(17,18)13-12(14(13,8-15)9-16)11-6-4-10(2)5-7-11/h4-7,12-13,16H,3,9H2,1-2H3/t12-,13-,14+/m1/s1. The first-order valence-electron chi connectivity index (χ1n) is 6.23. The van der Waals surface area contributed by atoms with Crippen LogP contribution in [0.3, 0.4) is 0 Å². The van der Waals surface area contributed by atoms with Crippen molar-refractivity contribution < 1.29 is 13.5 Å². The van der Waals surface area contributed by atoms with Crippen molar-refractivity contribution in [2.45, 2.75) is 25.0 Å². The molecule has 2 rings (SSSR count). The number of rotatable bonds is 4. The summed E-state index contributed by atoms with van der Waals surface area (Å²) in [5.74, 6) is -0.434. The van der Waals surface area contributed by atoms with E-state index in [4.69, 9.17) is 0 Å². The van der Waals surface area contributed by atoms with E-state index in [1.807, 2.05) is 37.3 Å². The average Bonchev–Trinajstić information content (AvgIpc) is 3.10. The fourth-order valence-electron chi connectivity index (χ4n) is 2.71. The molecule has 0 unspecified atom stereocenters. The number of aliphatic hydroxyl groups is 1. The summed E-state index contributed by atoms with van der Waals surface area (Å²) in [5, 5.41) is 18.0. The lowest BCUT2D eigenvalue weighted by Crippen LogP contribution is -2.19. The minimum Gasteiger partial charge on any atom is -0.395 e. The fraction of sp³-hybridized carbons (Fsp3) is 0.500. The molecule has 1 aliphatic rings. The van der Waals surface area contributed by atoms with E-state index in [1.54, 1.807) is 6.92 Å². The van der Waals surface area contributed by atoms with Gasteiger partial charge in [0.2, 0.25) is 0 Å². The molecule has 1 aliphatic carbocycles. The summed E-state index contributed by atoms with van der Waals surface area (Å²) in [7, 11) is -3.35. The van der Waals surface area contributed by atoms with Crippen molar-refractivity contribution in [3.63, 3.8) is 0 Å². The minimum absolute atomic E-state index is 0.0105. The predicted octanol–water partition coefficient (Wildman–Crippen LogP) is 1.40. The smallest absolute Gasteiger partial charge is 0.155 e. The molecular weight excluding hydrogens is 262 g/mol. The molecule has 0 heterocycles. The molecule has 1 aromatic rings. The minimum atomic E-state index is -3.35.